The average Bonchev–Trinajstić information content (AvgIpc) is 3.71. The summed E-state index contributed by atoms with van der Waals surface area (Å²) in [6.07, 6.45) is -0.935. The standard InChI is InChI=1S/C35H46N6O6S/c1-20(2)29(27-13-28(38-47-27)39-15-35(16-39)17-40(18-35)33(45)46-34(5,6)7)32(44)41-14-25(42)12-26(41)31(43)37-21(3)23-8-10-24(11-9-23)30-22(4)36-19-48-30/h8-11,13,19-21,25-26,29,42H,12,14-18H2,1-7H3,(H,37,43)/t21-,25+,26-,29+/m0/s1. The highest BCUT2D eigenvalue weighted by Crippen LogP contribution is 2.43. The molecule has 1 aromatic carbocycles. The molecule has 4 atom stereocenters. The molecular weight excluding hydrogens is 632 g/mol. The van der Waals surface area contributed by atoms with Crippen LogP contribution < -0.4 is 10.2 Å². The molecule has 3 aliphatic heterocycles. The van der Waals surface area contributed by atoms with Gasteiger partial charge < -0.3 is 34.4 Å². The van der Waals surface area contributed by atoms with Crippen LogP contribution in [-0.2, 0) is 14.3 Å². The second-order valence-electron chi connectivity index (χ2n) is 15.0. The van der Waals surface area contributed by atoms with Gasteiger partial charge in [-0.2, -0.15) is 0 Å². The molecule has 0 radical (unpaired) electrons. The summed E-state index contributed by atoms with van der Waals surface area (Å²) in [5.41, 5.74) is 4.30. The first kappa shape index (κ1) is 33.9. The van der Waals surface area contributed by atoms with E-state index in [2.05, 4.69) is 20.4 Å². The number of aliphatic hydroxyl groups is 1. The Morgan fingerprint density at radius 3 is 2.40 bits per heavy atom. The van der Waals surface area contributed by atoms with Crippen molar-refractivity contribution in [1.82, 2.24) is 25.3 Å². The van der Waals surface area contributed by atoms with Crippen LogP contribution in [0.25, 0.3) is 10.4 Å². The molecule has 6 rings (SSSR count). The number of thiazole rings is 1. The van der Waals surface area contributed by atoms with Gasteiger partial charge in [0.25, 0.3) is 0 Å². The van der Waals surface area contributed by atoms with Crippen LogP contribution in [0.15, 0.2) is 40.4 Å². The lowest BCUT2D eigenvalue weighted by atomic mass is 9.73. The second kappa shape index (κ2) is 12.8. The van der Waals surface area contributed by atoms with Crippen molar-refractivity contribution in [3.05, 3.63) is 52.9 Å². The normalized spacial score (nSPS) is 21.6. The Balaban J connectivity index is 1.07. The van der Waals surface area contributed by atoms with Crippen LogP contribution in [0.4, 0.5) is 10.6 Å². The Morgan fingerprint density at radius 1 is 1.10 bits per heavy atom. The average molecular weight is 679 g/mol. The molecule has 0 unspecified atom stereocenters. The molecule has 3 aromatic rings. The molecule has 5 heterocycles. The summed E-state index contributed by atoms with van der Waals surface area (Å²) in [5, 5.41) is 18.0. The van der Waals surface area contributed by atoms with E-state index in [1.54, 1.807) is 22.3 Å². The maximum atomic E-state index is 14.1. The highest BCUT2D eigenvalue weighted by molar-refractivity contribution is 7.13. The fraction of sp³-hybridized carbons (Fsp3) is 0.571. The topological polar surface area (TPSA) is 141 Å². The van der Waals surface area contributed by atoms with Gasteiger partial charge in [0.05, 0.1) is 28.2 Å². The molecular formula is C35H46N6O6S. The van der Waals surface area contributed by atoms with Crippen LogP contribution >= 0.6 is 11.3 Å². The van der Waals surface area contributed by atoms with Gasteiger partial charge in [0.1, 0.15) is 17.6 Å². The van der Waals surface area contributed by atoms with Gasteiger partial charge in [0, 0.05) is 50.6 Å². The van der Waals surface area contributed by atoms with Gasteiger partial charge in [0.15, 0.2) is 11.6 Å². The van der Waals surface area contributed by atoms with Gasteiger partial charge >= 0.3 is 6.09 Å². The van der Waals surface area contributed by atoms with Crippen molar-refractivity contribution in [2.45, 2.75) is 84.6 Å². The number of aliphatic hydroxyl groups excluding tert-OH is 1. The van der Waals surface area contributed by atoms with Crippen molar-refractivity contribution < 1.29 is 28.8 Å². The maximum Gasteiger partial charge on any atom is 0.410 e. The number of benzene rings is 1. The Kier molecular flexibility index (Phi) is 9.05. The second-order valence-corrected chi connectivity index (χ2v) is 15.9. The summed E-state index contributed by atoms with van der Waals surface area (Å²) < 4.78 is 11.2. The number of β-amino-alcohol motifs (C(OH)–C–C–N with tert-alkyl or cyclic N) is 1. The van der Waals surface area contributed by atoms with Crippen LogP contribution in [-0.4, -0.2) is 93.4 Å². The van der Waals surface area contributed by atoms with E-state index in [1.807, 2.05) is 78.2 Å². The fourth-order valence-electron chi connectivity index (χ4n) is 7.03. The van der Waals surface area contributed by atoms with E-state index in [0.717, 1.165) is 34.8 Å². The Labute approximate surface area is 285 Å². The third-order valence-electron chi connectivity index (χ3n) is 9.48. The van der Waals surface area contributed by atoms with Crippen LogP contribution in [0.5, 0.6) is 0 Å². The van der Waals surface area contributed by atoms with Gasteiger partial charge in [-0.25, -0.2) is 9.78 Å². The summed E-state index contributed by atoms with van der Waals surface area (Å²) in [7, 11) is 0. The zero-order valence-corrected chi connectivity index (χ0v) is 29.5. The van der Waals surface area contributed by atoms with Gasteiger partial charge in [0.2, 0.25) is 11.8 Å². The van der Waals surface area contributed by atoms with Crippen molar-refractivity contribution in [2.75, 3.05) is 37.6 Å². The third kappa shape index (κ3) is 6.80. The SMILES string of the molecule is Cc1ncsc1-c1ccc([C@H](C)NC(=O)[C@@H]2C[C@@H](O)CN2C(=O)[C@@H](c2cc(N3CC4(CN(C(=O)OC(C)(C)C)C4)C3)no2)C(C)C)cc1. The minimum atomic E-state index is -0.806. The molecule has 13 heteroatoms. The number of aromatic nitrogens is 2. The highest BCUT2D eigenvalue weighted by atomic mass is 32.1. The first-order valence-corrected chi connectivity index (χ1v) is 17.5. The molecule has 3 fully saturated rings. The molecule has 1 spiro atoms. The third-order valence-corrected chi connectivity index (χ3v) is 10.5. The number of aryl methyl sites for hydroxylation is 1. The monoisotopic (exact) mass is 678 g/mol. The molecule has 3 saturated heterocycles. The zero-order chi connectivity index (χ0) is 34.5. The predicted molar refractivity (Wildman–Crippen MR) is 182 cm³/mol. The maximum absolute atomic E-state index is 14.1. The zero-order valence-electron chi connectivity index (χ0n) is 28.7. The summed E-state index contributed by atoms with van der Waals surface area (Å²) in [6, 6.07) is 8.73. The smallest absolute Gasteiger partial charge is 0.410 e. The lowest BCUT2D eigenvalue weighted by molar-refractivity contribution is -0.141. The highest BCUT2D eigenvalue weighted by Gasteiger charge is 2.55. The first-order chi connectivity index (χ1) is 22.6. The predicted octanol–water partition coefficient (Wildman–Crippen LogP) is 4.74. The van der Waals surface area contributed by atoms with Crippen LogP contribution in [0.2, 0.25) is 0 Å². The molecule has 0 aliphatic carbocycles. The lowest BCUT2D eigenvalue weighted by Gasteiger charge is -2.59. The Hall–Kier alpha value is -3.97. The van der Waals surface area contributed by atoms with Crippen molar-refractivity contribution >= 4 is 35.1 Å². The molecule has 3 aliphatic rings. The van der Waals surface area contributed by atoms with Crippen LogP contribution in [0, 0.1) is 18.3 Å². The van der Waals surface area contributed by atoms with Crippen molar-refractivity contribution in [3.63, 3.8) is 0 Å². The van der Waals surface area contributed by atoms with E-state index in [9.17, 15) is 19.5 Å². The minimum absolute atomic E-state index is 0.00926. The molecule has 2 N–H and O–H groups in total. The first-order valence-electron chi connectivity index (χ1n) is 16.6. The number of ether oxygens (including phenoxy) is 1. The van der Waals surface area contributed by atoms with Gasteiger partial charge in [-0.1, -0.05) is 43.3 Å². The van der Waals surface area contributed by atoms with Crippen LogP contribution in [0.1, 0.15) is 76.9 Å². The van der Waals surface area contributed by atoms with E-state index < -0.39 is 23.7 Å². The molecule has 0 bridgehead atoms. The molecule has 48 heavy (non-hydrogen) atoms. The lowest BCUT2D eigenvalue weighted by Crippen LogP contribution is -2.73. The summed E-state index contributed by atoms with van der Waals surface area (Å²) in [6.45, 7) is 16.1. The molecule has 0 saturated carbocycles. The van der Waals surface area contributed by atoms with Crippen molar-refractivity contribution in [2.24, 2.45) is 11.3 Å². The number of hydrogen-bond donors (Lipinski definition) is 2. The number of nitrogens with one attached hydrogen (secondary N) is 1. The van der Waals surface area contributed by atoms with E-state index >= 15 is 0 Å². The van der Waals surface area contributed by atoms with Gasteiger partial charge in [-0.15, -0.1) is 11.3 Å². The molecule has 258 valence electrons. The van der Waals surface area contributed by atoms with Gasteiger partial charge in [-0.05, 0) is 51.7 Å². The molecule has 12 nitrogen and oxygen atoms in total. The quantitative estimate of drug-likeness (QED) is 0.346. The van der Waals surface area contributed by atoms with Crippen LogP contribution in [0.3, 0.4) is 0 Å². The van der Waals surface area contributed by atoms with Crippen molar-refractivity contribution in [3.8, 4) is 10.4 Å². The van der Waals surface area contributed by atoms with E-state index in [0.29, 0.717) is 24.7 Å². The number of likely N-dealkylation sites (tertiary alicyclic amines) is 2. The number of anilines is 1. The number of hydrogen-bond acceptors (Lipinski definition) is 10. The molecule has 3 amide bonds. The van der Waals surface area contributed by atoms with Gasteiger partial charge in [-0.3, -0.25) is 9.59 Å². The number of nitrogens with zero attached hydrogens (tertiary/aromatic N) is 5. The fourth-order valence-corrected chi connectivity index (χ4v) is 7.85. The van der Waals surface area contributed by atoms with Crippen molar-refractivity contribution in [1.29, 1.82) is 0 Å². The van der Waals surface area contributed by atoms with E-state index in [-0.39, 0.29) is 48.2 Å². The number of rotatable bonds is 8. The Morgan fingerprint density at radius 2 is 1.79 bits per heavy atom. The number of carbonyl (C=O) groups is 3. The minimum Gasteiger partial charge on any atom is -0.444 e. The van der Waals surface area contributed by atoms with E-state index in [1.165, 1.54) is 4.90 Å². The largest absolute Gasteiger partial charge is 0.444 e. The summed E-state index contributed by atoms with van der Waals surface area (Å²) in [4.78, 5) is 50.8. The molecule has 2 aromatic heterocycles. The Bertz CT molecular complexity index is 1650. The summed E-state index contributed by atoms with van der Waals surface area (Å²) in [5.74, 6) is -0.313. The number of amides is 3. The van der Waals surface area contributed by atoms with E-state index in [4.69, 9.17) is 9.26 Å². The number of carbonyl (C=O) groups excluding carboxylic acids is 3. The summed E-state index contributed by atoms with van der Waals surface area (Å²) >= 11 is 1.59.